The van der Waals surface area contributed by atoms with Crippen LogP contribution < -0.4 is 11.1 Å². The van der Waals surface area contributed by atoms with E-state index < -0.39 is 0 Å². The zero-order chi connectivity index (χ0) is 9.14. The molecule has 66 valence electrons. The molecule has 3 N–H and O–H groups in total. The van der Waals surface area contributed by atoms with Crippen LogP contribution in [0, 0.1) is 6.92 Å². The van der Waals surface area contributed by atoms with E-state index in [9.17, 15) is 4.79 Å². The first-order valence-electron chi connectivity index (χ1n) is 3.63. The lowest BCUT2D eigenvalue weighted by Crippen LogP contribution is -2.21. The lowest BCUT2D eigenvalue weighted by molar-refractivity contribution is -0.114. The van der Waals surface area contributed by atoms with Crippen molar-refractivity contribution in [3.63, 3.8) is 0 Å². The molecule has 0 saturated carbocycles. The Kier molecular flexibility index (Phi) is 2.44. The summed E-state index contributed by atoms with van der Waals surface area (Å²) in [4.78, 5) is 10.9. The number of aromatic nitrogens is 2. The number of nitrogens with zero attached hydrogens (tertiary/aromatic N) is 2. The van der Waals surface area contributed by atoms with Crippen LogP contribution in [0.2, 0.25) is 0 Å². The second kappa shape index (κ2) is 3.36. The molecule has 1 amide bonds. The molecule has 0 spiro atoms. The molecule has 0 fully saturated rings. The van der Waals surface area contributed by atoms with Crippen LogP contribution >= 0.6 is 0 Å². The van der Waals surface area contributed by atoms with Crippen molar-refractivity contribution in [1.29, 1.82) is 0 Å². The second-order valence-electron chi connectivity index (χ2n) is 2.55. The highest BCUT2D eigenvalue weighted by atomic mass is 16.1. The Balaban J connectivity index is 2.75. The summed E-state index contributed by atoms with van der Waals surface area (Å²) in [6.07, 6.45) is 1.74. The molecule has 0 aliphatic heterocycles. The Morgan fingerprint density at radius 2 is 2.50 bits per heavy atom. The zero-order valence-electron chi connectivity index (χ0n) is 7.16. The van der Waals surface area contributed by atoms with Gasteiger partial charge >= 0.3 is 0 Å². The van der Waals surface area contributed by atoms with Crippen LogP contribution in [0.4, 0.5) is 5.69 Å². The molecule has 0 atom stereocenters. The molecule has 1 aromatic heterocycles. The van der Waals surface area contributed by atoms with Crippen LogP contribution in [-0.2, 0) is 11.8 Å². The van der Waals surface area contributed by atoms with Gasteiger partial charge in [-0.15, -0.1) is 0 Å². The predicted octanol–water partition coefficient (Wildman–Crippen LogP) is -0.374. The first-order valence-corrected chi connectivity index (χ1v) is 3.63. The number of amides is 1. The summed E-state index contributed by atoms with van der Waals surface area (Å²) in [5, 5.41) is 6.69. The Morgan fingerprint density at radius 3 is 2.92 bits per heavy atom. The summed E-state index contributed by atoms with van der Waals surface area (Å²) in [6, 6.07) is 0. The molecular weight excluding hydrogens is 156 g/mol. The largest absolute Gasteiger partial charge is 0.322 e. The Morgan fingerprint density at radius 1 is 1.83 bits per heavy atom. The second-order valence-corrected chi connectivity index (χ2v) is 2.55. The highest BCUT2D eigenvalue weighted by molar-refractivity contribution is 5.92. The van der Waals surface area contributed by atoms with Crippen molar-refractivity contribution in [3.8, 4) is 0 Å². The number of nitrogens with one attached hydrogen (secondary N) is 1. The van der Waals surface area contributed by atoms with Gasteiger partial charge in [-0.2, -0.15) is 5.10 Å². The van der Waals surface area contributed by atoms with Crippen molar-refractivity contribution >= 4 is 11.6 Å². The minimum absolute atomic E-state index is 0.00562. The molecule has 12 heavy (non-hydrogen) atoms. The zero-order valence-corrected chi connectivity index (χ0v) is 7.16. The van der Waals surface area contributed by atoms with Crippen LogP contribution in [0.1, 0.15) is 5.69 Å². The fourth-order valence-corrected chi connectivity index (χ4v) is 0.924. The predicted molar refractivity (Wildman–Crippen MR) is 45.6 cm³/mol. The number of nitrogens with two attached hydrogens (primary N) is 1. The van der Waals surface area contributed by atoms with E-state index in [1.807, 2.05) is 6.92 Å². The van der Waals surface area contributed by atoms with E-state index in [2.05, 4.69) is 10.4 Å². The first kappa shape index (κ1) is 8.73. The molecule has 0 aromatic carbocycles. The highest BCUT2D eigenvalue weighted by Gasteiger charge is 2.04. The van der Waals surface area contributed by atoms with Gasteiger partial charge in [0.15, 0.2) is 0 Å². The molecule has 0 radical (unpaired) electrons. The summed E-state index contributed by atoms with van der Waals surface area (Å²) in [6.45, 7) is 1.82. The fourth-order valence-electron chi connectivity index (χ4n) is 0.924. The molecule has 0 saturated heterocycles. The van der Waals surface area contributed by atoms with Crippen molar-refractivity contribution in [3.05, 3.63) is 11.9 Å². The molecule has 5 heteroatoms. The number of hydrogen-bond donors (Lipinski definition) is 2. The van der Waals surface area contributed by atoms with Crippen LogP contribution in [0.25, 0.3) is 0 Å². The van der Waals surface area contributed by atoms with Gasteiger partial charge in [0.05, 0.1) is 17.9 Å². The van der Waals surface area contributed by atoms with Crippen molar-refractivity contribution in [2.24, 2.45) is 12.8 Å². The minimum atomic E-state index is -0.203. The Bertz CT molecular complexity index is 292. The highest BCUT2D eigenvalue weighted by Crippen LogP contribution is 2.10. The topological polar surface area (TPSA) is 72.9 Å². The maximum Gasteiger partial charge on any atom is 0.238 e. The number of rotatable bonds is 2. The van der Waals surface area contributed by atoms with Crippen LogP contribution in [0.3, 0.4) is 0 Å². The van der Waals surface area contributed by atoms with E-state index in [0.29, 0.717) is 5.69 Å². The number of carbonyl (C=O) groups excluding carboxylic acids is 1. The van der Waals surface area contributed by atoms with Crippen molar-refractivity contribution < 1.29 is 4.79 Å². The van der Waals surface area contributed by atoms with Gasteiger partial charge in [0.1, 0.15) is 0 Å². The maximum atomic E-state index is 10.9. The van der Waals surface area contributed by atoms with Gasteiger partial charge < -0.3 is 11.1 Å². The number of hydrogen-bond acceptors (Lipinski definition) is 3. The number of carbonyl (C=O) groups is 1. The summed E-state index contributed by atoms with van der Waals surface area (Å²) in [5.74, 6) is -0.203. The van der Waals surface area contributed by atoms with Gasteiger partial charge in [-0.3, -0.25) is 9.48 Å². The molecule has 1 aromatic rings. The Labute approximate surface area is 70.5 Å². The third-order valence-corrected chi connectivity index (χ3v) is 1.47. The van der Waals surface area contributed by atoms with Crippen molar-refractivity contribution in [2.45, 2.75) is 6.92 Å². The van der Waals surface area contributed by atoms with E-state index in [0.717, 1.165) is 5.69 Å². The molecule has 0 aliphatic rings. The molecular formula is C7H12N4O. The molecule has 1 rings (SSSR count). The van der Waals surface area contributed by atoms with Crippen molar-refractivity contribution in [2.75, 3.05) is 11.9 Å². The third-order valence-electron chi connectivity index (χ3n) is 1.47. The van der Waals surface area contributed by atoms with Gasteiger partial charge in [0.25, 0.3) is 0 Å². The normalized spacial score (nSPS) is 9.92. The van der Waals surface area contributed by atoms with Gasteiger partial charge in [0.2, 0.25) is 5.91 Å². The third kappa shape index (κ3) is 1.82. The molecule has 0 bridgehead atoms. The lowest BCUT2D eigenvalue weighted by Gasteiger charge is -1.98. The van der Waals surface area contributed by atoms with E-state index >= 15 is 0 Å². The molecule has 1 heterocycles. The summed E-state index contributed by atoms with van der Waals surface area (Å²) in [7, 11) is 1.80. The quantitative estimate of drug-likeness (QED) is 0.632. The minimum Gasteiger partial charge on any atom is -0.322 e. The summed E-state index contributed by atoms with van der Waals surface area (Å²) in [5.41, 5.74) is 6.64. The smallest absolute Gasteiger partial charge is 0.238 e. The summed E-state index contributed by atoms with van der Waals surface area (Å²) < 4.78 is 1.64. The average Bonchev–Trinajstić information content (AvgIpc) is 2.30. The van der Waals surface area contributed by atoms with E-state index in [-0.39, 0.29) is 12.5 Å². The van der Waals surface area contributed by atoms with E-state index in [1.165, 1.54) is 0 Å². The standard InChI is InChI=1S/C7H12N4O/c1-5-6(4-11(2)10-5)9-7(12)3-8/h4H,3,8H2,1-2H3,(H,9,12). The Hall–Kier alpha value is -1.36. The van der Waals surface area contributed by atoms with Crippen molar-refractivity contribution in [1.82, 2.24) is 9.78 Å². The van der Waals surface area contributed by atoms with Crippen LogP contribution in [0.5, 0.6) is 0 Å². The average molecular weight is 168 g/mol. The van der Waals surface area contributed by atoms with Gasteiger partial charge in [-0.25, -0.2) is 0 Å². The number of aryl methyl sites for hydroxylation is 2. The number of anilines is 1. The van der Waals surface area contributed by atoms with Gasteiger partial charge in [-0.05, 0) is 6.92 Å². The van der Waals surface area contributed by atoms with E-state index in [1.54, 1.807) is 17.9 Å². The molecule has 0 aliphatic carbocycles. The SMILES string of the molecule is Cc1nn(C)cc1NC(=O)CN. The summed E-state index contributed by atoms with van der Waals surface area (Å²) >= 11 is 0. The maximum absolute atomic E-state index is 10.9. The van der Waals surface area contributed by atoms with E-state index in [4.69, 9.17) is 5.73 Å². The molecule has 5 nitrogen and oxygen atoms in total. The van der Waals surface area contributed by atoms with Gasteiger partial charge in [-0.1, -0.05) is 0 Å². The lowest BCUT2D eigenvalue weighted by atomic mass is 10.4. The van der Waals surface area contributed by atoms with Crippen LogP contribution in [-0.4, -0.2) is 22.2 Å². The fraction of sp³-hybridized carbons (Fsp3) is 0.429. The monoisotopic (exact) mass is 168 g/mol. The van der Waals surface area contributed by atoms with Crippen LogP contribution in [0.15, 0.2) is 6.20 Å². The first-order chi connectivity index (χ1) is 5.63. The van der Waals surface area contributed by atoms with Gasteiger partial charge in [0, 0.05) is 13.2 Å². The molecule has 0 unspecified atom stereocenters.